The average Bonchev–Trinajstić information content (AvgIpc) is 3.18. The van der Waals surface area contributed by atoms with Crippen LogP contribution in [-0.2, 0) is 14.3 Å². The normalized spacial score (nSPS) is 21.5. The number of carbonyl (C=O) groups is 1. The lowest BCUT2D eigenvalue weighted by molar-refractivity contribution is -0.302. The van der Waals surface area contributed by atoms with E-state index in [1.807, 2.05) is 0 Å². The van der Waals surface area contributed by atoms with Crippen LogP contribution < -0.4 is 5.32 Å². The van der Waals surface area contributed by atoms with Crippen molar-refractivity contribution in [3.05, 3.63) is 24.3 Å². The van der Waals surface area contributed by atoms with Crippen LogP contribution in [0.4, 0.5) is 0 Å². The van der Waals surface area contributed by atoms with E-state index >= 15 is 0 Å². The second-order valence-corrected chi connectivity index (χ2v) is 16.2. The molecule has 0 aromatic carbocycles. The highest BCUT2D eigenvalue weighted by atomic mass is 16.7. The van der Waals surface area contributed by atoms with Gasteiger partial charge in [-0.25, -0.2) is 0 Å². The Labute approximate surface area is 337 Å². The van der Waals surface area contributed by atoms with Crippen molar-refractivity contribution < 1.29 is 39.8 Å². The summed E-state index contributed by atoms with van der Waals surface area (Å²) in [4.78, 5) is 13.0. The molecule has 9 heteroatoms. The lowest BCUT2D eigenvalue weighted by Gasteiger charge is -2.40. The molecule has 0 aliphatic carbocycles. The summed E-state index contributed by atoms with van der Waals surface area (Å²) in [6, 6.07) is -0.717. The molecular weight excluding hydrogens is 695 g/mol. The maximum atomic E-state index is 13.0. The van der Waals surface area contributed by atoms with E-state index in [4.69, 9.17) is 9.47 Å². The van der Waals surface area contributed by atoms with E-state index in [9.17, 15) is 30.3 Å². The van der Waals surface area contributed by atoms with Crippen LogP contribution in [0.15, 0.2) is 24.3 Å². The molecule has 6 N–H and O–H groups in total. The molecule has 1 saturated heterocycles. The zero-order valence-electron chi connectivity index (χ0n) is 35.4. The minimum Gasteiger partial charge on any atom is -0.394 e. The molecule has 7 atom stereocenters. The van der Waals surface area contributed by atoms with Crippen LogP contribution in [0.25, 0.3) is 0 Å². The predicted octanol–water partition coefficient (Wildman–Crippen LogP) is 9.50. The van der Waals surface area contributed by atoms with Crippen LogP contribution >= 0.6 is 0 Å². The molecule has 0 aromatic rings. The minimum absolute atomic E-state index is 0.138. The van der Waals surface area contributed by atoms with Crippen LogP contribution in [0.3, 0.4) is 0 Å². The van der Waals surface area contributed by atoms with Crippen molar-refractivity contribution in [1.82, 2.24) is 5.32 Å². The van der Waals surface area contributed by atoms with Gasteiger partial charge >= 0.3 is 0 Å². The third-order valence-corrected chi connectivity index (χ3v) is 11.1. The molecule has 1 amide bonds. The highest BCUT2D eigenvalue weighted by molar-refractivity contribution is 5.76. The zero-order valence-corrected chi connectivity index (χ0v) is 35.4. The van der Waals surface area contributed by atoms with Crippen molar-refractivity contribution in [2.45, 2.75) is 249 Å². The first-order valence-corrected chi connectivity index (χ1v) is 23.0. The molecule has 0 spiro atoms. The molecule has 0 aromatic heterocycles. The molecule has 7 unspecified atom stereocenters. The SMILES string of the molecule is CCCCCCC/C=C\C/C=C\CCCCCCCCCCCC(=O)NC(COC1OC(CO)C(O)C(O)C1O)C(O)CCCCCCCCCCCCC. The first-order valence-electron chi connectivity index (χ1n) is 23.0. The third kappa shape index (κ3) is 27.9. The summed E-state index contributed by atoms with van der Waals surface area (Å²) in [5.74, 6) is -0.150. The van der Waals surface area contributed by atoms with Crippen molar-refractivity contribution in [2.75, 3.05) is 13.2 Å². The number of carbonyl (C=O) groups excluding carboxylic acids is 1. The summed E-state index contributed by atoms with van der Waals surface area (Å²) in [6.45, 7) is 3.81. The number of hydrogen-bond donors (Lipinski definition) is 6. The number of allylic oxidation sites excluding steroid dienone is 4. The molecule has 9 nitrogen and oxygen atoms in total. The Kier molecular flexibility index (Phi) is 34.7. The fourth-order valence-corrected chi connectivity index (χ4v) is 7.31. The number of ether oxygens (including phenoxy) is 2. The number of nitrogens with one attached hydrogen (secondary N) is 1. The molecule has 1 rings (SSSR count). The van der Waals surface area contributed by atoms with Crippen molar-refractivity contribution >= 4 is 5.91 Å². The predicted molar refractivity (Wildman–Crippen MR) is 226 cm³/mol. The van der Waals surface area contributed by atoms with Crippen LogP contribution in [0.2, 0.25) is 0 Å². The van der Waals surface area contributed by atoms with Gasteiger partial charge in [0.2, 0.25) is 5.91 Å². The standard InChI is InChI=1S/C46H87NO8/c1-3-5-7-9-11-13-15-16-17-18-19-20-21-22-23-24-26-28-30-32-34-36-42(50)47-39(38-54-46-45(53)44(52)43(51)41(37-48)55-46)40(49)35-33-31-29-27-25-14-12-10-8-6-4-2/h15-16,18-19,39-41,43-46,48-49,51-53H,3-14,17,20-38H2,1-2H3,(H,47,50)/b16-15-,19-18-. The monoisotopic (exact) mass is 782 g/mol. The Bertz CT molecular complexity index is 914. The van der Waals surface area contributed by atoms with E-state index in [2.05, 4.69) is 43.5 Å². The van der Waals surface area contributed by atoms with Gasteiger partial charge in [0.25, 0.3) is 0 Å². The number of unbranched alkanes of at least 4 members (excludes halogenated alkanes) is 24. The summed E-state index contributed by atoms with van der Waals surface area (Å²) in [7, 11) is 0. The van der Waals surface area contributed by atoms with Crippen LogP contribution in [-0.4, -0.2) is 87.5 Å². The van der Waals surface area contributed by atoms with E-state index in [-0.39, 0.29) is 12.5 Å². The Hall–Kier alpha value is -1.33. The van der Waals surface area contributed by atoms with Crippen LogP contribution in [0, 0.1) is 0 Å². The summed E-state index contributed by atoms with van der Waals surface area (Å²) >= 11 is 0. The smallest absolute Gasteiger partial charge is 0.220 e. The van der Waals surface area contributed by atoms with Crippen molar-refractivity contribution in [2.24, 2.45) is 0 Å². The summed E-state index contributed by atoms with van der Waals surface area (Å²) in [6.07, 6.45) is 36.1. The molecule has 0 saturated carbocycles. The minimum atomic E-state index is -1.55. The van der Waals surface area contributed by atoms with Gasteiger partial charge in [0.1, 0.15) is 24.4 Å². The topological polar surface area (TPSA) is 149 Å². The van der Waals surface area contributed by atoms with Crippen LogP contribution in [0.1, 0.15) is 206 Å². The van der Waals surface area contributed by atoms with E-state index in [0.29, 0.717) is 12.8 Å². The van der Waals surface area contributed by atoms with Gasteiger partial charge in [0.05, 0.1) is 25.4 Å². The number of aliphatic hydroxyl groups excluding tert-OH is 5. The second-order valence-electron chi connectivity index (χ2n) is 16.2. The van der Waals surface area contributed by atoms with E-state index in [1.165, 1.54) is 135 Å². The van der Waals surface area contributed by atoms with Gasteiger partial charge in [0.15, 0.2) is 6.29 Å². The largest absolute Gasteiger partial charge is 0.394 e. The van der Waals surface area contributed by atoms with E-state index < -0.39 is 49.5 Å². The van der Waals surface area contributed by atoms with Gasteiger partial charge in [-0.3, -0.25) is 4.79 Å². The van der Waals surface area contributed by atoms with Gasteiger partial charge in [-0.15, -0.1) is 0 Å². The van der Waals surface area contributed by atoms with E-state index in [0.717, 1.165) is 44.9 Å². The van der Waals surface area contributed by atoms with Crippen molar-refractivity contribution in [3.63, 3.8) is 0 Å². The quantitative estimate of drug-likeness (QED) is 0.0268. The molecule has 0 radical (unpaired) electrons. The van der Waals surface area contributed by atoms with Crippen LogP contribution in [0.5, 0.6) is 0 Å². The highest BCUT2D eigenvalue weighted by Gasteiger charge is 2.44. The van der Waals surface area contributed by atoms with Gasteiger partial charge in [-0.05, 0) is 44.9 Å². The maximum absolute atomic E-state index is 13.0. The lowest BCUT2D eigenvalue weighted by Crippen LogP contribution is -2.60. The average molecular weight is 782 g/mol. The van der Waals surface area contributed by atoms with E-state index in [1.54, 1.807) is 0 Å². The Morgan fingerprint density at radius 3 is 1.56 bits per heavy atom. The van der Waals surface area contributed by atoms with Gasteiger partial charge in [0, 0.05) is 6.42 Å². The highest BCUT2D eigenvalue weighted by Crippen LogP contribution is 2.23. The Morgan fingerprint density at radius 1 is 0.618 bits per heavy atom. The number of rotatable bonds is 38. The molecular formula is C46H87NO8. The molecule has 1 aliphatic rings. The fraction of sp³-hybridized carbons (Fsp3) is 0.891. The van der Waals surface area contributed by atoms with Crippen molar-refractivity contribution in [3.8, 4) is 0 Å². The Morgan fingerprint density at radius 2 is 1.07 bits per heavy atom. The lowest BCUT2D eigenvalue weighted by atomic mass is 9.99. The summed E-state index contributed by atoms with van der Waals surface area (Å²) < 4.78 is 11.2. The van der Waals surface area contributed by atoms with Gasteiger partial charge in [-0.1, -0.05) is 179 Å². The Balaban J connectivity index is 2.28. The molecule has 1 fully saturated rings. The first kappa shape index (κ1) is 51.7. The van der Waals surface area contributed by atoms with Crippen molar-refractivity contribution in [1.29, 1.82) is 0 Å². The van der Waals surface area contributed by atoms with Gasteiger partial charge in [-0.2, -0.15) is 0 Å². The molecule has 324 valence electrons. The summed E-state index contributed by atoms with van der Waals surface area (Å²) in [5, 5.41) is 54.2. The molecule has 1 aliphatic heterocycles. The molecule has 1 heterocycles. The second kappa shape index (κ2) is 37.0. The molecule has 55 heavy (non-hydrogen) atoms. The van der Waals surface area contributed by atoms with Gasteiger partial charge < -0.3 is 40.3 Å². The zero-order chi connectivity index (χ0) is 40.2. The number of amides is 1. The maximum Gasteiger partial charge on any atom is 0.220 e. The third-order valence-electron chi connectivity index (χ3n) is 11.1. The fourth-order valence-electron chi connectivity index (χ4n) is 7.31. The number of hydrogen-bond acceptors (Lipinski definition) is 8. The molecule has 0 bridgehead atoms. The number of aliphatic hydroxyl groups is 5. The first-order chi connectivity index (χ1) is 26.8. The summed E-state index contributed by atoms with van der Waals surface area (Å²) in [5.41, 5.74) is 0.